The molecule has 0 aliphatic heterocycles. The van der Waals surface area contributed by atoms with E-state index in [1.807, 2.05) is 12.1 Å². The first kappa shape index (κ1) is 12.8. The minimum absolute atomic E-state index is 0.336. The van der Waals surface area contributed by atoms with Gasteiger partial charge in [-0.2, -0.15) is 4.98 Å². The van der Waals surface area contributed by atoms with Crippen molar-refractivity contribution >= 4 is 15.9 Å². The summed E-state index contributed by atoms with van der Waals surface area (Å²) >= 11 is 3.47. The van der Waals surface area contributed by atoms with Crippen molar-refractivity contribution in [2.45, 2.75) is 37.6 Å². The summed E-state index contributed by atoms with van der Waals surface area (Å²) in [5, 5.41) is 4.02. The molecule has 0 unspecified atom stereocenters. The van der Waals surface area contributed by atoms with Gasteiger partial charge in [-0.05, 0) is 43.4 Å². The average molecular weight is 322 g/mol. The van der Waals surface area contributed by atoms with Crippen LogP contribution in [0.1, 0.15) is 36.5 Å². The van der Waals surface area contributed by atoms with Gasteiger partial charge in [-0.25, -0.2) is 0 Å². The molecule has 1 aromatic carbocycles. The first-order chi connectivity index (χ1) is 9.16. The fraction of sp³-hybridized carbons (Fsp3) is 0.429. The van der Waals surface area contributed by atoms with Crippen LogP contribution >= 0.6 is 15.9 Å². The quantitative estimate of drug-likeness (QED) is 0.940. The highest BCUT2D eigenvalue weighted by Gasteiger charge is 2.38. The molecule has 100 valence electrons. The van der Waals surface area contributed by atoms with Crippen molar-refractivity contribution in [3.63, 3.8) is 0 Å². The zero-order valence-electron chi connectivity index (χ0n) is 10.6. The van der Waals surface area contributed by atoms with Gasteiger partial charge in [0.1, 0.15) is 0 Å². The summed E-state index contributed by atoms with van der Waals surface area (Å²) in [5.74, 6) is 1.34. The van der Waals surface area contributed by atoms with Crippen molar-refractivity contribution in [3.05, 3.63) is 46.0 Å². The van der Waals surface area contributed by atoms with Gasteiger partial charge in [0.05, 0.1) is 5.54 Å². The molecule has 3 rings (SSSR count). The normalized spacial score (nSPS) is 17.2. The Kier molecular flexibility index (Phi) is 3.41. The Labute approximate surface area is 120 Å². The molecule has 4 nitrogen and oxygen atoms in total. The van der Waals surface area contributed by atoms with Crippen LogP contribution in [-0.2, 0) is 18.4 Å². The predicted molar refractivity (Wildman–Crippen MR) is 75.6 cm³/mol. The highest BCUT2D eigenvalue weighted by Crippen LogP contribution is 2.36. The molecule has 1 fully saturated rings. The molecular formula is C14H16BrN3O. The zero-order chi connectivity index (χ0) is 13.3. The number of hydrogen-bond acceptors (Lipinski definition) is 4. The molecule has 1 aliphatic rings. The molecule has 0 saturated heterocycles. The van der Waals surface area contributed by atoms with E-state index in [0.29, 0.717) is 11.7 Å². The van der Waals surface area contributed by atoms with Gasteiger partial charge in [-0.1, -0.05) is 33.2 Å². The first-order valence-electron chi connectivity index (χ1n) is 6.52. The third kappa shape index (κ3) is 2.72. The Morgan fingerprint density at radius 3 is 2.84 bits per heavy atom. The molecule has 2 aromatic rings. The van der Waals surface area contributed by atoms with Crippen LogP contribution in [0.4, 0.5) is 0 Å². The number of halogens is 1. The van der Waals surface area contributed by atoms with Crippen LogP contribution in [0.5, 0.6) is 0 Å². The van der Waals surface area contributed by atoms with E-state index < -0.39 is 0 Å². The van der Waals surface area contributed by atoms with Crippen molar-refractivity contribution in [2.75, 3.05) is 0 Å². The van der Waals surface area contributed by atoms with Gasteiger partial charge in [0.15, 0.2) is 5.82 Å². The molecule has 1 saturated carbocycles. The molecule has 1 aliphatic carbocycles. The highest BCUT2D eigenvalue weighted by molar-refractivity contribution is 9.10. The van der Waals surface area contributed by atoms with Gasteiger partial charge in [0.2, 0.25) is 5.89 Å². The average Bonchev–Trinajstić information content (AvgIpc) is 2.83. The summed E-state index contributed by atoms with van der Waals surface area (Å²) in [6.07, 6.45) is 4.70. The first-order valence-corrected chi connectivity index (χ1v) is 7.31. The third-order valence-corrected chi connectivity index (χ3v) is 4.17. The van der Waals surface area contributed by atoms with E-state index in [1.165, 1.54) is 5.56 Å². The minimum atomic E-state index is -0.336. The van der Waals surface area contributed by atoms with Crippen LogP contribution in [0.2, 0.25) is 0 Å². The van der Waals surface area contributed by atoms with Crippen molar-refractivity contribution in [2.24, 2.45) is 5.73 Å². The lowest BCUT2D eigenvalue weighted by Gasteiger charge is -2.34. The largest absolute Gasteiger partial charge is 0.339 e. The van der Waals surface area contributed by atoms with Gasteiger partial charge in [0, 0.05) is 10.9 Å². The van der Waals surface area contributed by atoms with Gasteiger partial charge in [0.25, 0.3) is 0 Å². The van der Waals surface area contributed by atoms with E-state index in [0.717, 1.165) is 36.6 Å². The lowest BCUT2D eigenvalue weighted by molar-refractivity contribution is 0.229. The van der Waals surface area contributed by atoms with Gasteiger partial charge in [-0.15, -0.1) is 0 Å². The van der Waals surface area contributed by atoms with E-state index in [-0.39, 0.29) is 5.54 Å². The lowest BCUT2D eigenvalue weighted by atomic mass is 9.77. The molecule has 0 radical (unpaired) electrons. The molecule has 5 heteroatoms. The van der Waals surface area contributed by atoms with Crippen LogP contribution in [0, 0.1) is 0 Å². The lowest BCUT2D eigenvalue weighted by Crippen LogP contribution is -2.44. The van der Waals surface area contributed by atoms with Crippen molar-refractivity contribution in [1.29, 1.82) is 0 Å². The summed E-state index contributed by atoms with van der Waals surface area (Å²) in [4.78, 5) is 4.43. The summed E-state index contributed by atoms with van der Waals surface area (Å²) < 4.78 is 6.38. The SMILES string of the molecule is NC1(c2noc(CCc3cccc(Br)c3)n2)CCC1. The number of hydrogen-bond donors (Lipinski definition) is 1. The third-order valence-electron chi connectivity index (χ3n) is 3.68. The topological polar surface area (TPSA) is 64.9 Å². The Morgan fingerprint density at radius 2 is 2.16 bits per heavy atom. The summed E-state index contributed by atoms with van der Waals surface area (Å²) in [7, 11) is 0. The van der Waals surface area contributed by atoms with Crippen molar-refractivity contribution < 1.29 is 4.52 Å². The molecule has 19 heavy (non-hydrogen) atoms. The van der Waals surface area contributed by atoms with Gasteiger partial charge in [-0.3, -0.25) is 0 Å². The van der Waals surface area contributed by atoms with Crippen LogP contribution in [0.15, 0.2) is 33.3 Å². The van der Waals surface area contributed by atoms with E-state index in [1.54, 1.807) is 0 Å². The van der Waals surface area contributed by atoms with Crippen LogP contribution in [0.3, 0.4) is 0 Å². The van der Waals surface area contributed by atoms with Crippen molar-refractivity contribution in [1.82, 2.24) is 10.1 Å². The number of rotatable bonds is 4. The van der Waals surface area contributed by atoms with E-state index >= 15 is 0 Å². The Balaban J connectivity index is 1.64. The molecule has 0 atom stereocenters. The second-order valence-electron chi connectivity index (χ2n) is 5.15. The number of nitrogens with zero attached hydrogens (tertiary/aromatic N) is 2. The maximum atomic E-state index is 6.17. The van der Waals surface area contributed by atoms with E-state index in [9.17, 15) is 0 Å². The van der Waals surface area contributed by atoms with E-state index in [2.05, 4.69) is 38.2 Å². The van der Waals surface area contributed by atoms with Gasteiger partial charge >= 0.3 is 0 Å². The predicted octanol–water partition coefficient (Wildman–Crippen LogP) is 2.96. The molecular weight excluding hydrogens is 306 g/mol. The van der Waals surface area contributed by atoms with Crippen LogP contribution < -0.4 is 5.73 Å². The molecule has 2 N–H and O–H groups in total. The van der Waals surface area contributed by atoms with Crippen LogP contribution in [-0.4, -0.2) is 10.1 Å². The summed E-state index contributed by atoms with van der Waals surface area (Å²) in [5.41, 5.74) is 7.09. The molecule has 1 heterocycles. The molecule has 0 amide bonds. The minimum Gasteiger partial charge on any atom is -0.339 e. The number of aryl methyl sites for hydroxylation is 2. The Hall–Kier alpha value is -1.20. The number of aromatic nitrogens is 2. The fourth-order valence-corrected chi connectivity index (χ4v) is 2.73. The molecule has 1 aromatic heterocycles. The maximum Gasteiger partial charge on any atom is 0.227 e. The maximum absolute atomic E-state index is 6.17. The zero-order valence-corrected chi connectivity index (χ0v) is 12.2. The Bertz CT molecular complexity index is 578. The second kappa shape index (κ2) is 5.06. The summed E-state index contributed by atoms with van der Waals surface area (Å²) in [6, 6.07) is 8.25. The van der Waals surface area contributed by atoms with Crippen molar-refractivity contribution in [3.8, 4) is 0 Å². The smallest absolute Gasteiger partial charge is 0.227 e. The number of benzene rings is 1. The number of nitrogens with two attached hydrogens (primary N) is 1. The Morgan fingerprint density at radius 1 is 1.32 bits per heavy atom. The molecule has 0 spiro atoms. The van der Waals surface area contributed by atoms with E-state index in [4.69, 9.17) is 10.3 Å². The fourth-order valence-electron chi connectivity index (χ4n) is 2.28. The standard InChI is InChI=1S/C14H16BrN3O/c15-11-4-1-3-10(9-11)5-6-12-17-13(18-19-12)14(16)7-2-8-14/h1,3-4,9H,2,5-8,16H2. The highest BCUT2D eigenvalue weighted by atomic mass is 79.9. The van der Waals surface area contributed by atoms with Crippen LogP contribution in [0.25, 0.3) is 0 Å². The second-order valence-corrected chi connectivity index (χ2v) is 6.07. The monoisotopic (exact) mass is 321 g/mol. The van der Waals surface area contributed by atoms with Gasteiger partial charge < -0.3 is 10.3 Å². The molecule has 0 bridgehead atoms. The summed E-state index contributed by atoms with van der Waals surface area (Å²) in [6.45, 7) is 0.